The van der Waals surface area contributed by atoms with E-state index in [2.05, 4.69) is 50.4 Å². The summed E-state index contributed by atoms with van der Waals surface area (Å²) in [4.78, 5) is 37.4. The van der Waals surface area contributed by atoms with E-state index in [1.807, 2.05) is 33.3 Å². The number of hydrogen-bond donors (Lipinski definition) is 2. The molecule has 0 rings (SSSR count). The van der Waals surface area contributed by atoms with Gasteiger partial charge in [0.05, 0.1) is 33.8 Å². The Bertz CT molecular complexity index is 1180. The lowest BCUT2D eigenvalue weighted by Gasteiger charge is -2.27. The number of esters is 1. The highest BCUT2D eigenvalue weighted by molar-refractivity contribution is 7.47. The predicted octanol–water partition coefficient (Wildman–Crippen LogP) is 15.2. The first-order chi connectivity index (χ1) is 30.4. The van der Waals surface area contributed by atoms with Crippen molar-refractivity contribution in [3.8, 4) is 0 Å². The monoisotopic (exact) mass is 910 g/mol. The number of nitrogens with zero attached hydrogens (tertiary/aromatic N) is 1. The van der Waals surface area contributed by atoms with E-state index in [1.165, 1.54) is 109 Å². The molecule has 3 unspecified atom stereocenters. The lowest BCUT2D eigenvalue weighted by atomic mass is 10.0. The zero-order valence-electron chi connectivity index (χ0n) is 42.1. The van der Waals surface area contributed by atoms with Gasteiger partial charge in [-0.1, -0.05) is 186 Å². The van der Waals surface area contributed by atoms with E-state index in [9.17, 15) is 19.0 Å². The van der Waals surface area contributed by atoms with E-state index in [1.54, 1.807) is 0 Å². The average molecular weight is 910 g/mol. The van der Waals surface area contributed by atoms with E-state index < -0.39 is 20.0 Å². The molecule has 10 heteroatoms. The zero-order valence-corrected chi connectivity index (χ0v) is 43.0. The van der Waals surface area contributed by atoms with Crippen LogP contribution in [0.25, 0.3) is 0 Å². The molecule has 0 aliphatic rings. The molecule has 0 saturated carbocycles. The first-order valence-electron chi connectivity index (χ1n) is 26.3. The van der Waals surface area contributed by atoms with Crippen LogP contribution in [-0.4, -0.2) is 74.3 Å². The molecule has 9 nitrogen and oxygen atoms in total. The number of carbonyl (C=O) groups is 2. The Morgan fingerprint density at radius 3 is 1.41 bits per heavy atom. The SMILES string of the molecule is CCCC/C=C\CCCCCCCC(=O)NC(COP(=O)(O)OCC[N+](C)(C)C)C(/C=C/CCCCCCCCCCCCC)OC(=O)CCCCC/C=C\CCCCCCCC. The first-order valence-corrected chi connectivity index (χ1v) is 27.8. The maximum Gasteiger partial charge on any atom is 0.472 e. The van der Waals surface area contributed by atoms with Crippen molar-refractivity contribution >= 4 is 19.7 Å². The number of nitrogens with one attached hydrogen (secondary N) is 1. The predicted molar refractivity (Wildman–Crippen MR) is 268 cm³/mol. The normalized spacial score (nSPS) is 14.2. The number of unbranched alkanes of at least 4 members (excludes halogenated alkanes) is 27. The van der Waals surface area contributed by atoms with Crippen LogP contribution >= 0.6 is 7.82 Å². The van der Waals surface area contributed by atoms with Gasteiger partial charge in [-0.15, -0.1) is 0 Å². The molecule has 370 valence electrons. The van der Waals surface area contributed by atoms with Crippen molar-refractivity contribution in [1.29, 1.82) is 0 Å². The fraction of sp³-hybridized carbons (Fsp3) is 0.849. The summed E-state index contributed by atoms with van der Waals surface area (Å²) < 4.78 is 30.5. The van der Waals surface area contributed by atoms with Gasteiger partial charge in [-0.3, -0.25) is 18.6 Å². The van der Waals surface area contributed by atoms with Crippen molar-refractivity contribution < 1.29 is 37.3 Å². The highest BCUT2D eigenvalue weighted by Crippen LogP contribution is 2.43. The Labute approximate surface area is 389 Å². The quantitative estimate of drug-likeness (QED) is 0.0206. The molecule has 0 bridgehead atoms. The van der Waals surface area contributed by atoms with Crippen LogP contribution in [0.3, 0.4) is 0 Å². The molecule has 3 atom stereocenters. The highest BCUT2D eigenvalue weighted by Gasteiger charge is 2.30. The molecule has 0 spiro atoms. The minimum atomic E-state index is -4.44. The number of allylic oxidation sites excluding steroid dienone is 5. The van der Waals surface area contributed by atoms with Crippen molar-refractivity contribution in [2.24, 2.45) is 0 Å². The van der Waals surface area contributed by atoms with E-state index in [0.717, 1.165) is 89.9 Å². The fourth-order valence-electron chi connectivity index (χ4n) is 7.38. The molecule has 0 saturated heterocycles. The van der Waals surface area contributed by atoms with Crippen LogP contribution in [0.1, 0.15) is 239 Å². The number of amides is 1. The third-order valence-electron chi connectivity index (χ3n) is 11.6. The maximum atomic E-state index is 13.4. The number of rotatable bonds is 47. The summed E-state index contributed by atoms with van der Waals surface area (Å²) in [7, 11) is 1.48. The Morgan fingerprint density at radius 2 is 0.937 bits per heavy atom. The Hall–Kier alpha value is -1.77. The van der Waals surface area contributed by atoms with Gasteiger partial charge in [-0.25, -0.2) is 4.57 Å². The molecule has 0 aliphatic carbocycles. The lowest BCUT2D eigenvalue weighted by Crippen LogP contribution is -2.47. The van der Waals surface area contributed by atoms with Crippen LogP contribution in [0, 0.1) is 0 Å². The fourth-order valence-corrected chi connectivity index (χ4v) is 8.12. The zero-order chi connectivity index (χ0) is 46.5. The molecule has 0 heterocycles. The maximum absolute atomic E-state index is 13.4. The molecule has 0 aromatic rings. The Kier molecular flexibility index (Phi) is 42.8. The lowest BCUT2D eigenvalue weighted by molar-refractivity contribution is -0.870. The van der Waals surface area contributed by atoms with Crippen LogP contribution in [0.15, 0.2) is 36.5 Å². The van der Waals surface area contributed by atoms with E-state index >= 15 is 0 Å². The summed E-state index contributed by atoms with van der Waals surface area (Å²) in [6.07, 6.45) is 49.9. The molecular weight excluding hydrogens is 808 g/mol. The van der Waals surface area contributed by atoms with Crippen molar-refractivity contribution in [3.63, 3.8) is 0 Å². The topological polar surface area (TPSA) is 111 Å². The van der Waals surface area contributed by atoms with Crippen molar-refractivity contribution in [2.45, 2.75) is 251 Å². The smallest absolute Gasteiger partial charge is 0.456 e. The molecule has 0 fully saturated rings. The molecule has 2 N–H and O–H groups in total. The third-order valence-corrected chi connectivity index (χ3v) is 12.5. The molecule has 0 aliphatic heterocycles. The average Bonchev–Trinajstić information content (AvgIpc) is 3.23. The molecule has 0 aromatic heterocycles. The molecule has 1 amide bonds. The number of phosphoric ester groups is 1. The number of likely N-dealkylation sites (N-methyl/N-ethyl adjacent to an activating group) is 1. The highest BCUT2D eigenvalue weighted by atomic mass is 31.2. The van der Waals surface area contributed by atoms with E-state index in [-0.39, 0.29) is 31.5 Å². The number of quaternary nitrogens is 1. The van der Waals surface area contributed by atoms with Crippen LogP contribution < -0.4 is 5.32 Å². The summed E-state index contributed by atoms with van der Waals surface area (Å²) in [5.74, 6) is -0.533. The first kappa shape index (κ1) is 61.2. The van der Waals surface area contributed by atoms with Crippen molar-refractivity contribution in [3.05, 3.63) is 36.5 Å². The van der Waals surface area contributed by atoms with Gasteiger partial charge in [-0.05, 0) is 76.7 Å². The summed E-state index contributed by atoms with van der Waals surface area (Å²) in [5, 5.41) is 3.03. The van der Waals surface area contributed by atoms with Gasteiger partial charge in [0.15, 0.2) is 0 Å². The summed E-state index contributed by atoms with van der Waals surface area (Å²) in [6.45, 7) is 6.94. The number of phosphoric acid groups is 1. The van der Waals surface area contributed by atoms with Crippen LogP contribution in [0.5, 0.6) is 0 Å². The van der Waals surface area contributed by atoms with Crippen LogP contribution in [-0.2, 0) is 27.9 Å². The Balaban J connectivity index is 5.47. The van der Waals surface area contributed by atoms with E-state index in [0.29, 0.717) is 23.9 Å². The van der Waals surface area contributed by atoms with Gasteiger partial charge in [0.25, 0.3) is 0 Å². The number of hydrogen-bond acceptors (Lipinski definition) is 6. The van der Waals surface area contributed by atoms with Crippen molar-refractivity contribution in [1.82, 2.24) is 5.32 Å². The Morgan fingerprint density at radius 1 is 0.540 bits per heavy atom. The summed E-state index contributed by atoms with van der Waals surface area (Å²) >= 11 is 0. The molecule has 63 heavy (non-hydrogen) atoms. The largest absolute Gasteiger partial charge is 0.472 e. The van der Waals surface area contributed by atoms with E-state index in [4.69, 9.17) is 13.8 Å². The van der Waals surface area contributed by atoms with Gasteiger partial charge >= 0.3 is 13.8 Å². The number of ether oxygens (including phenoxy) is 1. The van der Waals surface area contributed by atoms with Crippen LogP contribution in [0.4, 0.5) is 0 Å². The second-order valence-electron chi connectivity index (χ2n) is 19.0. The second-order valence-corrected chi connectivity index (χ2v) is 20.5. The third kappa shape index (κ3) is 45.2. The molecular formula is C53H102N2O7P+. The minimum absolute atomic E-state index is 0.0373. The minimum Gasteiger partial charge on any atom is -0.456 e. The number of carbonyl (C=O) groups excluding carboxylic acids is 2. The molecule has 0 aromatic carbocycles. The second kappa shape index (κ2) is 44.1. The molecule has 0 radical (unpaired) electrons. The van der Waals surface area contributed by atoms with Gasteiger partial charge in [0.1, 0.15) is 19.3 Å². The standard InChI is InChI=1S/C53H101N2O7P/c1-7-10-13-16-19-22-25-27-30-32-35-38-41-44-51(62-53(57)46-43-40-37-34-31-28-26-23-20-17-14-11-8-2)50(49-61-63(58,59)60-48-47-55(4,5)6)54-52(56)45-42-39-36-33-29-24-21-18-15-12-9-3/h18,21,28,31,41,44,50-51H,7-17,19-20,22-27,29-30,32-40,42-43,45-49H2,1-6H3,(H-,54,56,58,59)/p+1/b21-18-,31-28-,44-41+. The van der Waals surface area contributed by atoms with Crippen molar-refractivity contribution in [2.75, 3.05) is 40.9 Å². The van der Waals surface area contributed by atoms with Gasteiger partial charge in [0.2, 0.25) is 5.91 Å². The summed E-state index contributed by atoms with van der Waals surface area (Å²) in [5.41, 5.74) is 0. The van der Waals surface area contributed by atoms with Gasteiger partial charge in [0, 0.05) is 12.8 Å². The van der Waals surface area contributed by atoms with Gasteiger partial charge in [-0.2, -0.15) is 0 Å². The summed E-state index contributed by atoms with van der Waals surface area (Å²) in [6, 6.07) is -0.853. The van der Waals surface area contributed by atoms with Crippen LogP contribution in [0.2, 0.25) is 0 Å². The van der Waals surface area contributed by atoms with Gasteiger partial charge < -0.3 is 19.4 Å².